The van der Waals surface area contributed by atoms with Crippen LogP contribution in [0.5, 0.6) is 0 Å². The lowest BCUT2D eigenvalue weighted by Crippen LogP contribution is -2.48. The fourth-order valence-electron chi connectivity index (χ4n) is 4.49. The van der Waals surface area contributed by atoms with Crippen LogP contribution in [0.15, 0.2) is 36.4 Å². The molecule has 0 spiro atoms. The fourth-order valence-corrected chi connectivity index (χ4v) is 4.49. The smallest absolute Gasteiger partial charge is 0.328 e. The van der Waals surface area contributed by atoms with Crippen LogP contribution in [-0.2, 0) is 9.53 Å². The van der Waals surface area contributed by atoms with Gasteiger partial charge in [-0.2, -0.15) is 0 Å². The van der Waals surface area contributed by atoms with Gasteiger partial charge in [0.2, 0.25) is 0 Å². The quantitative estimate of drug-likeness (QED) is 0.587. The van der Waals surface area contributed by atoms with Gasteiger partial charge >= 0.3 is 5.97 Å². The molecule has 2 aromatic rings. The summed E-state index contributed by atoms with van der Waals surface area (Å²) >= 11 is 0. The van der Waals surface area contributed by atoms with E-state index in [1.807, 2.05) is 24.3 Å². The van der Waals surface area contributed by atoms with Gasteiger partial charge in [-0.25, -0.2) is 4.79 Å². The van der Waals surface area contributed by atoms with Crippen LogP contribution in [0.4, 0.5) is 5.69 Å². The van der Waals surface area contributed by atoms with Gasteiger partial charge in [-0.1, -0.05) is 45.0 Å². The minimum atomic E-state index is -0.653. The zero-order chi connectivity index (χ0) is 21.2. The van der Waals surface area contributed by atoms with Crippen LogP contribution in [-0.4, -0.2) is 25.0 Å². The molecule has 1 aliphatic rings. The van der Waals surface area contributed by atoms with Gasteiger partial charge in [0.1, 0.15) is 6.04 Å². The lowest BCUT2D eigenvalue weighted by molar-refractivity contribution is -0.144. The molecule has 0 unspecified atom stereocenters. The van der Waals surface area contributed by atoms with Crippen LogP contribution >= 0.6 is 0 Å². The molecule has 3 N–H and O–H groups in total. The van der Waals surface area contributed by atoms with Crippen LogP contribution in [0, 0.1) is 17.3 Å². The first-order valence-electron chi connectivity index (χ1n) is 10.4. The minimum Gasteiger partial charge on any atom is -0.467 e. The van der Waals surface area contributed by atoms with E-state index in [-0.39, 0.29) is 17.2 Å². The van der Waals surface area contributed by atoms with Crippen LogP contribution in [0.1, 0.15) is 56.8 Å². The van der Waals surface area contributed by atoms with Crippen molar-refractivity contribution in [2.75, 3.05) is 12.8 Å². The molecule has 29 heavy (non-hydrogen) atoms. The van der Waals surface area contributed by atoms with Gasteiger partial charge in [-0.05, 0) is 65.8 Å². The Balaban J connectivity index is 1.78. The van der Waals surface area contributed by atoms with Crippen molar-refractivity contribution < 1.29 is 14.3 Å². The highest BCUT2D eigenvalue weighted by Gasteiger charge is 2.37. The number of nitrogens with one attached hydrogen (secondary N) is 1. The molecule has 0 aliphatic heterocycles. The van der Waals surface area contributed by atoms with Gasteiger partial charge in [-0.3, -0.25) is 4.79 Å². The Kier molecular flexibility index (Phi) is 6.15. The molecule has 0 bridgehead atoms. The van der Waals surface area contributed by atoms with Crippen molar-refractivity contribution >= 4 is 28.3 Å². The lowest BCUT2D eigenvalue weighted by Gasteiger charge is -2.38. The maximum atomic E-state index is 13.0. The SMILES string of the molecule is COC(=O)[C@@H](NC(=O)c1cc2ccccc2cc1N)C1CCC(C(C)(C)C)CC1. The Morgan fingerprint density at radius 2 is 1.66 bits per heavy atom. The summed E-state index contributed by atoms with van der Waals surface area (Å²) in [4.78, 5) is 25.5. The molecule has 2 aromatic carbocycles. The third-order valence-corrected chi connectivity index (χ3v) is 6.37. The van der Waals surface area contributed by atoms with Gasteiger partial charge in [-0.15, -0.1) is 0 Å². The number of nitrogen functional groups attached to an aromatic ring is 1. The van der Waals surface area contributed by atoms with Gasteiger partial charge < -0.3 is 15.8 Å². The summed E-state index contributed by atoms with van der Waals surface area (Å²) in [5.41, 5.74) is 7.19. The second-order valence-electron chi connectivity index (χ2n) is 9.24. The molecule has 0 saturated heterocycles. The summed E-state index contributed by atoms with van der Waals surface area (Å²) in [7, 11) is 1.37. The maximum Gasteiger partial charge on any atom is 0.328 e. The van der Waals surface area contributed by atoms with E-state index in [1.165, 1.54) is 7.11 Å². The summed E-state index contributed by atoms with van der Waals surface area (Å²) in [6.45, 7) is 6.79. The van der Waals surface area contributed by atoms with Gasteiger partial charge in [0.25, 0.3) is 5.91 Å². The Morgan fingerprint density at radius 3 is 2.21 bits per heavy atom. The number of ether oxygens (including phenoxy) is 1. The zero-order valence-electron chi connectivity index (χ0n) is 17.8. The number of carbonyl (C=O) groups excluding carboxylic acids is 2. The van der Waals surface area contributed by atoms with E-state index in [0.717, 1.165) is 36.5 Å². The minimum absolute atomic E-state index is 0.0756. The van der Waals surface area contributed by atoms with Crippen molar-refractivity contribution in [1.29, 1.82) is 0 Å². The number of rotatable bonds is 4. The third-order valence-electron chi connectivity index (χ3n) is 6.37. The number of fused-ring (bicyclic) bond motifs is 1. The zero-order valence-corrected chi connectivity index (χ0v) is 17.8. The maximum absolute atomic E-state index is 13.0. The van der Waals surface area contributed by atoms with Crippen molar-refractivity contribution in [3.05, 3.63) is 42.0 Å². The predicted molar refractivity (Wildman–Crippen MR) is 117 cm³/mol. The van der Waals surface area contributed by atoms with Crippen molar-refractivity contribution in [2.45, 2.75) is 52.5 Å². The topological polar surface area (TPSA) is 81.4 Å². The number of esters is 1. The Labute approximate surface area is 173 Å². The number of anilines is 1. The van der Waals surface area contributed by atoms with E-state index < -0.39 is 12.0 Å². The second-order valence-corrected chi connectivity index (χ2v) is 9.24. The molecular weight excluding hydrogens is 364 g/mol. The first-order valence-corrected chi connectivity index (χ1v) is 10.4. The number of carbonyl (C=O) groups is 2. The first-order chi connectivity index (χ1) is 13.7. The molecule has 1 fully saturated rings. The lowest BCUT2D eigenvalue weighted by atomic mass is 9.68. The number of hydrogen-bond acceptors (Lipinski definition) is 4. The highest BCUT2D eigenvalue weighted by Crippen LogP contribution is 2.41. The molecule has 1 atom stereocenters. The highest BCUT2D eigenvalue weighted by molar-refractivity contribution is 6.05. The molecule has 5 heteroatoms. The molecule has 156 valence electrons. The summed E-state index contributed by atoms with van der Waals surface area (Å²) in [6.07, 6.45) is 3.90. The summed E-state index contributed by atoms with van der Waals surface area (Å²) in [6, 6.07) is 10.7. The molecule has 1 aliphatic carbocycles. The van der Waals surface area contributed by atoms with Gasteiger partial charge in [0.15, 0.2) is 0 Å². The van der Waals surface area contributed by atoms with Crippen molar-refractivity contribution in [2.24, 2.45) is 17.3 Å². The Hall–Kier alpha value is -2.56. The van der Waals surface area contributed by atoms with Crippen LogP contribution in [0.2, 0.25) is 0 Å². The van der Waals surface area contributed by atoms with Crippen molar-refractivity contribution in [3.8, 4) is 0 Å². The third kappa shape index (κ3) is 4.72. The van der Waals surface area contributed by atoms with Gasteiger partial charge in [0.05, 0.1) is 12.7 Å². The van der Waals surface area contributed by atoms with Crippen LogP contribution in [0.3, 0.4) is 0 Å². The predicted octanol–water partition coefficient (Wildman–Crippen LogP) is 4.55. The van der Waals surface area contributed by atoms with E-state index >= 15 is 0 Å². The molecule has 5 nitrogen and oxygen atoms in total. The number of hydrogen-bond donors (Lipinski definition) is 2. The van der Waals surface area contributed by atoms with Crippen LogP contribution in [0.25, 0.3) is 10.8 Å². The Morgan fingerprint density at radius 1 is 1.07 bits per heavy atom. The standard InChI is InChI=1S/C24H32N2O3/c1-24(2,3)18-11-9-15(10-12-18)21(23(28)29-4)26-22(27)19-13-16-7-5-6-8-17(16)14-20(19)25/h5-8,13-15,18,21H,9-12,25H2,1-4H3,(H,26,27)/t15?,18?,21-/m0/s1. The number of amides is 1. The highest BCUT2D eigenvalue weighted by atomic mass is 16.5. The summed E-state index contributed by atoms with van der Waals surface area (Å²) in [5, 5.41) is 4.83. The normalized spacial score (nSPS) is 20.8. The van der Waals surface area contributed by atoms with E-state index in [9.17, 15) is 9.59 Å². The molecule has 0 aromatic heterocycles. The summed E-state index contributed by atoms with van der Waals surface area (Å²) in [5.74, 6) is -0.0194. The van der Waals surface area contributed by atoms with E-state index in [0.29, 0.717) is 17.2 Å². The van der Waals surface area contributed by atoms with E-state index in [4.69, 9.17) is 10.5 Å². The molecule has 0 heterocycles. The number of methoxy groups -OCH3 is 1. The van der Waals surface area contributed by atoms with Crippen molar-refractivity contribution in [3.63, 3.8) is 0 Å². The number of benzene rings is 2. The van der Waals surface area contributed by atoms with E-state index in [1.54, 1.807) is 12.1 Å². The monoisotopic (exact) mass is 396 g/mol. The van der Waals surface area contributed by atoms with Gasteiger partial charge in [0, 0.05) is 5.69 Å². The molecule has 3 rings (SSSR count). The van der Waals surface area contributed by atoms with E-state index in [2.05, 4.69) is 26.1 Å². The first kappa shape index (κ1) is 21.2. The Bertz CT molecular complexity index is 893. The molecule has 1 saturated carbocycles. The molecule has 0 radical (unpaired) electrons. The average Bonchev–Trinajstić information content (AvgIpc) is 2.70. The van der Waals surface area contributed by atoms with Crippen molar-refractivity contribution in [1.82, 2.24) is 5.32 Å². The largest absolute Gasteiger partial charge is 0.467 e. The molecular formula is C24H32N2O3. The van der Waals surface area contributed by atoms with Crippen LogP contribution < -0.4 is 11.1 Å². The second kappa shape index (κ2) is 8.44. The fraction of sp³-hybridized carbons (Fsp3) is 0.500. The summed E-state index contributed by atoms with van der Waals surface area (Å²) < 4.78 is 5.01. The molecule has 1 amide bonds. The average molecular weight is 397 g/mol. The number of nitrogens with two attached hydrogens (primary N) is 1.